The Hall–Kier alpha value is -1.62. The maximum atomic E-state index is 12.8. The van der Waals surface area contributed by atoms with E-state index < -0.39 is 11.7 Å². The number of aromatic nitrogens is 4. The number of halogens is 4. The number of rotatable bonds is 5. The van der Waals surface area contributed by atoms with Gasteiger partial charge in [-0.15, -0.1) is 21.5 Å². The van der Waals surface area contributed by atoms with Gasteiger partial charge in [0.1, 0.15) is 5.03 Å². The zero-order valence-corrected chi connectivity index (χ0v) is 16.7. The second-order valence-electron chi connectivity index (χ2n) is 6.14. The Bertz CT molecular complexity index is 956. The van der Waals surface area contributed by atoms with Crippen LogP contribution in [0, 0.1) is 0 Å². The zero-order valence-electron chi connectivity index (χ0n) is 14.3. The van der Waals surface area contributed by atoms with E-state index in [1.807, 2.05) is 22.1 Å². The Morgan fingerprint density at radius 3 is 2.86 bits per heavy atom. The predicted molar refractivity (Wildman–Crippen MR) is 101 cm³/mol. The average Bonchev–Trinajstić information content (AvgIpc) is 3.39. The summed E-state index contributed by atoms with van der Waals surface area (Å²) in [4.78, 5) is 4.83. The second-order valence-corrected chi connectivity index (χ2v) is 8.45. The molecular weight excluding hydrogens is 433 g/mol. The molecule has 0 unspecified atom stereocenters. The number of ether oxygens (including phenoxy) is 1. The van der Waals surface area contributed by atoms with Crippen molar-refractivity contribution in [2.75, 3.05) is 6.61 Å². The highest BCUT2D eigenvalue weighted by atomic mass is 35.5. The molecule has 1 aliphatic heterocycles. The Labute approximate surface area is 171 Å². The molecule has 1 fully saturated rings. The van der Waals surface area contributed by atoms with Gasteiger partial charge in [-0.1, -0.05) is 17.7 Å². The van der Waals surface area contributed by atoms with Crippen molar-refractivity contribution in [3.8, 4) is 10.7 Å². The summed E-state index contributed by atoms with van der Waals surface area (Å²) < 4.78 is 46.2. The average molecular weight is 447 g/mol. The topological polar surface area (TPSA) is 52.8 Å². The smallest absolute Gasteiger partial charge is 0.376 e. The van der Waals surface area contributed by atoms with Crippen LogP contribution in [0.5, 0.6) is 0 Å². The summed E-state index contributed by atoms with van der Waals surface area (Å²) in [5.74, 6) is 0.691. The second kappa shape index (κ2) is 8.02. The highest BCUT2D eigenvalue weighted by molar-refractivity contribution is 7.99. The number of pyridine rings is 1. The van der Waals surface area contributed by atoms with Crippen LogP contribution in [0.4, 0.5) is 13.2 Å². The van der Waals surface area contributed by atoms with Crippen LogP contribution in [0.3, 0.4) is 0 Å². The Balaban J connectivity index is 1.66. The standard InChI is InChI=1S/C17H14ClF3N4OS2/c18-12-7-10(17(19,20)21)8-22-15(12)28-16-24-23-14(13-4-2-6-27-13)25(16)9-11-3-1-5-26-11/h2,4,6-8,11H,1,3,5,9H2/t11-/m0/s1. The molecule has 0 radical (unpaired) electrons. The molecule has 3 aromatic heterocycles. The molecule has 28 heavy (non-hydrogen) atoms. The third-order valence-corrected chi connectivity index (χ3v) is 6.46. The zero-order chi connectivity index (χ0) is 19.7. The first-order chi connectivity index (χ1) is 13.4. The van der Waals surface area contributed by atoms with E-state index in [1.54, 1.807) is 0 Å². The first-order valence-corrected chi connectivity index (χ1v) is 10.5. The van der Waals surface area contributed by atoms with Crippen molar-refractivity contribution >= 4 is 34.7 Å². The van der Waals surface area contributed by atoms with Crippen molar-refractivity contribution in [3.63, 3.8) is 0 Å². The lowest BCUT2D eigenvalue weighted by atomic mass is 10.2. The van der Waals surface area contributed by atoms with Crippen LogP contribution in [-0.4, -0.2) is 32.5 Å². The summed E-state index contributed by atoms with van der Waals surface area (Å²) in [6.07, 6.45) is -1.74. The minimum absolute atomic E-state index is 0.0464. The van der Waals surface area contributed by atoms with Gasteiger partial charge in [-0.25, -0.2) is 4.98 Å². The van der Waals surface area contributed by atoms with Crippen molar-refractivity contribution in [2.24, 2.45) is 0 Å². The third-order valence-electron chi connectivity index (χ3n) is 4.19. The maximum absolute atomic E-state index is 12.8. The van der Waals surface area contributed by atoms with E-state index in [0.717, 1.165) is 48.4 Å². The Kier molecular flexibility index (Phi) is 5.64. The Morgan fingerprint density at radius 1 is 1.36 bits per heavy atom. The van der Waals surface area contributed by atoms with Crippen LogP contribution in [0.25, 0.3) is 10.7 Å². The minimum Gasteiger partial charge on any atom is -0.376 e. The summed E-state index contributed by atoms with van der Waals surface area (Å²) in [6.45, 7) is 1.27. The molecule has 3 aromatic rings. The van der Waals surface area contributed by atoms with Crippen molar-refractivity contribution in [3.05, 3.63) is 40.4 Å². The molecule has 0 amide bonds. The summed E-state index contributed by atoms with van der Waals surface area (Å²) in [6, 6.07) is 4.74. The van der Waals surface area contributed by atoms with Gasteiger partial charge in [0.15, 0.2) is 11.0 Å². The van der Waals surface area contributed by atoms with Gasteiger partial charge in [-0.2, -0.15) is 13.2 Å². The number of nitrogens with zero attached hydrogens (tertiary/aromatic N) is 4. The van der Waals surface area contributed by atoms with Crippen LogP contribution < -0.4 is 0 Å². The highest BCUT2D eigenvalue weighted by Gasteiger charge is 2.32. The van der Waals surface area contributed by atoms with E-state index in [1.165, 1.54) is 11.3 Å². The lowest BCUT2D eigenvalue weighted by Crippen LogP contribution is -2.16. The number of hydrogen-bond acceptors (Lipinski definition) is 6. The molecule has 11 heteroatoms. The summed E-state index contributed by atoms with van der Waals surface area (Å²) in [5.41, 5.74) is -0.887. The van der Waals surface area contributed by atoms with Gasteiger partial charge in [0.05, 0.1) is 28.1 Å². The van der Waals surface area contributed by atoms with Crippen molar-refractivity contribution in [2.45, 2.75) is 41.8 Å². The van der Waals surface area contributed by atoms with Crippen molar-refractivity contribution < 1.29 is 17.9 Å². The van der Waals surface area contributed by atoms with E-state index in [0.29, 0.717) is 17.5 Å². The van der Waals surface area contributed by atoms with Gasteiger partial charge in [0.25, 0.3) is 0 Å². The van der Waals surface area contributed by atoms with E-state index in [2.05, 4.69) is 15.2 Å². The summed E-state index contributed by atoms with van der Waals surface area (Å²) in [7, 11) is 0. The van der Waals surface area contributed by atoms with Crippen LogP contribution in [0.1, 0.15) is 18.4 Å². The first-order valence-electron chi connectivity index (χ1n) is 8.41. The fourth-order valence-electron chi connectivity index (χ4n) is 2.85. The predicted octanol–water partition coefficient (Wildman–Crippen LogP) is 5.40. The van der Waals surface area contributed by atoms with Crippen LogP contribution in [0.15, 0.2) is 40.0 Å². The van der Waals surface area contributed by atoms with Crippen LogP contribution in [-0.2, 0) is 17.5 Å². The van der Waals surface area contributed by atoms with Gasteiger partial charge < -0.3 is 4.74 Å². The summed E-state index contributed by atoms with van der Waals surface area (Å²) in [5, 5.41) is 11.1. The normalized spacial score (nSPS) is 17.4. The molecule has 4 rings (SSSR count). The van der Waals surface area contributed by atoms with Gasteiger partial charge in [0, 0.05) is 12.8 Å². The molecule has 0 saturated carbocycles. The van der Waals surface area contributed by atoms with Gasteiger partial charge in [-0.3, -0.25) is 4.57 Å². The minimum atomic E-state index is -4.49. The quantitative estimate of drug-likeness (QED) is 0.525. The fraction of sp³-hybridized carbons (Fsp3) is 0.353. The van der Waals surface area contributed by atoms with Crippen molar-refractivity contribution in [1.82, 2.24) is 19.7 Å². The van der Waals surface area contributed by atoms with E-state index in [-0.39, 0.29) is 16.2 Å². The number of thiophene rings is 1. The Morgan fingerprint density at radius 2 is 2.21 bits per heavy atom. The van der Waals surface area contributed by atoms with Crippen LogP contribution >= 0.6 is 34.7 Å². The first kappa shape index (κ1) is 19.7. The molecule has 1 atom stereocenters. The SMILES string of the molecule is FC(F)(F)c1cnc(Sc2nnc(-c3cccs3)n2C[C@@H]2CCCO2)c(Cl)c1. The molecule has 1 saturated heterocycles. The molecule has 148 valence electrons. The molecule has 1 aliphatic rings. The monoisotopic (exact) mass is 446 g/mol. The van der Waals surface area contributed by atoms with E-state index >= 15 is 0 Å². The molecule has 4 heterocycles. The van der Waals surface area contributed by atoms with Gasteiger partial charge in [-0.05, 0) is 42.1 Å². The molecule has 0 aromatic carbocycles. The number of alkyl halides is 3. The van der Waals surface area contributed by atoms with Gasteiger partial charge in [0.2, 0.25) is 0 Å². The molecule has 0 N–H and O–H groups in total. The molecule has 0 spiro atoms. The molecule has 0 aliphatic carbocycles. The lowest BCUT2D eigenvalue weighted by Gasteiger charge is -2.14. The third kappa shape index (κ3) is 4.19. The molecular formula is C17H14ClF3N4OS2. The largest absolute Gasteiger partial charge is 0.417 e. The lowest BCUT2D eigenvalue weighted by molar-refractivity contribution is -0.137. The maximum Gasteiger partial charge on any atom is 0.417 e. The van der Waals surface area contributed by atoms with Gasteiger partial charge >= 0.3 is 6.18 Å². The van der Waals surface area contributed by atoms with Crippen molar-refractivity contribution in [1.29, 1.82) is 0 Å². The number of hydrogen-bond donors (Lipinski definition) is 0. The molecule has 0 bridgehead atoms. The van der Waals surface area contributed by atoms with Crippen LogP contribution in [0.2, 0.25) is 5.02 Å². The molecule has 5 nitrogen and oxygen atoms in total. The summed E-state index contributed by atoms with van der Waals surface area (Å²) >= 11 is 8.68. The van der Waals surface area contributed by atoms with E-state index in [4.69, 9.17) is 16.3 Å². The highest BCUT2D eigenvalue weighted by Crippen LogP contribution is 2.37. The fourth-order valence-corrected chi connectivity index (χ4v) is 4.64. The van der Waals surface area contributed by atoms with E-state index in [9.17, 15) is 13.2 Å².